The van der Waals surface area contributed by atoms with E-state index in [2.05, 4.69) is 48.6 Å². The first-order chi connectivity index (χ1) is 6.63. The highest BCUT2D eigenvalue weighted by Crippen LogP contribution is 2.14. The molecule has 1 rings (SSSR count). The quantitative estimate of drug-likeness (QED) is 0.711. The van der Waals surface area contributed by atoms with Crippen molar-refractivity contribution in [2.45, 2.75) is 26.3 Å². The molecule has 0 N–H and O–H groups in total. The third-order valence-corrected chi connectivity index (χ3v) is 2.96. The molecule has 1 aromatic rings. The topological polar surface area (TPSA) is 16.1 Å². The van der Waals surface area contributed by atoms with E-state index in [4.69, 9.17) is 0 Å². The second-order valence-corrected chi connectivity index (χ2v) is 4.69. The van der Waals surface area contributed by atoms with Crippen molar-refractivity contribution >= 4 is 11.9 Å². The molecule has 0 aromatic carbocycles. The van der Waals surface area contributed by atoms with Crippen LogP contribution in [0.25, 0.3) is 0 Å². The first-order valence-electron chi connectivity index (χ1n) is 4.83. The van der Waals surface area contributed by atoms with Gasteiger partial charge in [0.05, 0.1) is 12.2 Å². The molecule has 0 spiro atoms. The van der Waals surface area contributed by atoms with Gasteiger partial charge in [-0.1, -0.05) is 31.9 Å². The van der Waals surface area contributed by atoms with Gasteiger partial charge in [-0.2, -0.15) is 0 Å². The van der Waals surface area contributed by atoms with Gasteiger partial charge in [0.15, 0.2) is 0 Å². The minimum atomic E-state index is 0.565. The molecule has 0 aliphatic carbocycles. The Labute approximate surface area is 90.9 Å². The van der Waals surface area contributed by atoms with Crippen molar-refractivity contribution in [3.8, 4) is 0 Å². The van der Waals surface area contributed by atoms with Crippen LogP contribution in [0, 0.1) is 0 Å². The van der Waals surface area contributed by atoms with Gasteiger partial charge in [-0.25, -0.2) is 4.31 Å². The third-order valence-electron chi connectivity index (χ3n) is 2.21. The van der Waals surface area contributed by atoms with Crippen molar-refractivity contribution in [1.29, 1.82) is 0 Å². The van der Waals surface area contributed by atoms with Crippen LogP contribution in [0.15, 0.2) is 18.3 Å². The summed E-state index contributed by atoms with van der Waals surface area (Å²) in [5.74, 6) is 0.565. The highest BCUT2D eigenvalue weighted by atomic mass is 32.2. The van der Waals surface area contributed by atoms with Crippen molar-refractivity contribution in [2.75, 3.05) is 13.3 Å². The molecule has 0 saturated heterocycles. The smallest absolute Gasteiger partial charge is 0.0553 e. The minimum Gasteiger partial charge on any atom is -0.260 e. The fourth-order valence-electron chi connectivity index (χ4n) is 1.16. The van der Waals surface area contributed by atoms with E-state index in [-0.39, 0.29) is 0 Å². The van der Waals surface area contributed by atoms with Crippen LogP contribution in [-0.4, -0.2) is 22.6 Å². The van der Waals surface area contributed by atoms with E-state index < -0.39 is 0 Å². The van der Waals surface area contributed by atoms with Crippen molar-refractivity contribution in [3.63, 3.8) is 0 Å². The van der Waals surface area contributed by atoms with Gasteiger partial charge in [0.2, 0.25) is 0 Å². The van der Waals surface area contributed by atoms with E-state index in [1.807, 2.05) is 6.20 Å². The summed E-state index contributed by atoms with van der Waals surface area (Å²) in [6, 6.07) is 4.28. The fraction of sp³-hybridized carbons (Fsp3) is 0.545. The zero-order chi connectivity index (χ0) is 10.6. The van der Waals surface area contributed by atoms with Crippen LogP contribution in [0.3, 0.4) is 0 Å². The molecule has 0 fully saturated rings. The molecule has 2 nitrogen and oxygen atoms in total. The molecule has 0 bridgehead atoms. The Morgan fingerprint density at radius 3 is 2.57 bits per heavy atom. The van der Waals surface area contributed by atoms with Gasteiger partial charge in [0, 0.05) is 6.20 Å². The average Bonchev–Trinajstić information content (AvgIpc) is 2.18. The lowest BCUT2D eigenvalue weighted by Gasteiger charge is -2.12. The van der Waals surface area contributed by atoms with Crippen LogP contribution < -0.4 is 0 Å². The molecule has 0 aliphatic heterocycles. The monoisotopic (exact) mass is 210 g/mol. The Balaban J connectivity index is 2.64. The van der Waals surface area contributed by atoms with Gasteiger partial charge < -0.3 is 0 Å². The summed E-state index contributed by atoms with van der Waals surface area (Å²) < 4.78 is 2.16. The summed E-state index contributed by atoms with van der Waals surface area (Å²) in [4.78, 5) is 4.43. The van der Waals surface area contributed by atoms with E-state index in [1.165, 1.54) is 5.56 Å². The summed E-state index contributed by atoms with van der Waals surface area (Å²) in [5, 5.41) is 0. The van der Waals surface area contributed by atoms with E-state index in [9.17, 15) is 0 Å². The molecule has 78 valence electrons. The summed E-state index contributed by atoms with van der Waals surface area (Å²) in [6.45, 7) is 5.27. The lowest BCUT2D eigenvalue weighted by atomic mass is 10.1. The molecule has 0 aliphatic rings. The predicted molar refractivity (Wildman–Crippen MR) is 63.3 cm³/mol. The molecule has 0 radical (unpaired) electrons. The Morgan fingerprint density at radius 2 is 2.14 bits per heavy atom. The number of nitrogens with zero attached hydrogens (tertiary/aromatic N) is 2. The molecule has 0 amide bonds. The molecule has 14 heavy (non-hydrogen) atoms. The first-order valence-corrected chi connectivity index (χ1v) is 6.01. The van der Waals surface area contributed by atoms with Crippen LogP contribution in [0.5, 0.6) is 0 Å². The van der Waals surface area contributed by atoms with Crippen molar-refractivity contribution in [1.82, 2.24) is 9.29 Å². The van der Waals surface area contributed by atoms with Crippen molar-refractivity contribution < 1.29 is 0 Å². The Kier molecular flexibility index (Phi) is 4.42. The number of hydrogen-bond acceptors (Lipinski definition) is 3. The van der Waals surface area contributed by atoms with Gasteiger partial charge >= 0.3 is 0 Å². The van der Waals surface area contributed by atoms with Crippen LogP contribution in [-0.2, 0) is 6.54 Å². The summed E-state index contributed by atoms with van der Waals surface area (Å²) in [7, 11) is 2.07. The lowest BCUT2D eigenvalue weighted by Crippen LogP contribution is -2.09. The van der Waals surface area contributed by atoms with E-state index >= 15 is 0 Å². The number of aromatic nitrogens is 1. The fourth-order valence-corrected chi connectivity index (χ4v) is 1.43. The predicted octanol–water partition coefficient (Wildman–Crippen LogP) is 2.91. The molecule has 0 saturated carbocycles. The van der Waals surface area contributed by atoms with Crippen molar-refractivity contribution in [2.24, 2.45) is 0 Å². The van der Waals surface area contributed by atoms with Crippen LogP contribution in [0.2, 0.25) is 0 Å². The van der Waals surface area contributed by atoms with Crippen LogP contribution in [0.1, 0.15) is 31.0 Å². The van der Waals surface area contributed by atoms with Crippen LogP contribution in [0.4, 0.5) is 0 Å². The standard InChI is InChI=1S/C11H18N2S/c1-9(2)10-5-6-11(12-7-10)8-13(3)14-4/h5-7,9H,8H2,1-4H3. The molecular weight excluding hydrogens is 192 g/mol. The Morgan fingerprint density at radius 1 is 1.43 bits per heavy atom. The second-order valence-electron chi connectivity index (χ2n) is 3.71. The van der Waals surface area contributed by atoms with Gasteiger partial charge in [-0.15, -0.1) is 0 Å². The van der Waals surface area contributed by atoms with E-state index in [0.717, 1.165) is 12.2 Å². The molecule has 1 aromatic heterocycles. The molecular formula is C11H18N2S. The van der Waals surface area contributed by atoms with Gasteiger partial charge in [-0.3, -0.25) is 4.98 Å². The third kappa shape index (κ3) is 3.31. The highest BCUT2D eigenvalue weighted by Gasteiger charge is 2.02. The minimum absolute atomic E-state index is 0.565. The zero-order valence-electron chi connectivity index (χ0n) is 9.32. The average molecular weight is 210 g/mol. The molecule has 1 heterocycles. The molecule has 0 unspecified atom stereocenters. The van der Waals surface area contributed by atoms with Gasteiger partial charge in [0.1, 0.15) is 0 Å². The Bertz CT molecular complexity index is 269. The normalized spacial score (nSPS) is 11.3. The SMILES string of the molecule is CSN(C)Cc1ccc(C(C)C)cn1. The summed E-state index contributed by atoms with van der Waals surface area (Å²) in [5.41, 5.74) is 2.44. The molecule has 0 atom stereocenters. The largest absolute Gasteiger partial charge is 0.260 e. The lowest BCUT2D eigenvalue weighted by molar-refractivity contribution is 0.555. The zero-order valence-corrected chi connectivity index (χ0v) is 10.1. The van der Waals surface area contributed by atoms with E-state index in [0.29, 0.717) is 5.92 Å². The van der Waals surface area contributed by atoms with Gasteiger partial charge in [0.25, 0.3) is 0 Å². The molecule has 3 heteroatoms. The number of pyridine rings is 1. The van der Waals surface area contributed by atoms with E-state index in [1.54, 1.807) is 11.9 Å². The Hall–Kier alpha value is -0.540. The van der Waals surface area contributed by atoms with Gasteiger partial charge in [-0.05, 0) is 30.9 Å². The first kappa shape index (κ1) is 11.5. The summed E-state index contributed by atoms with van der Waals surface area (Å²) in [6.07, 6.45) is 4.05. The van der Waals surface area contributed by atoms with Crippen molar-refractivity contribution in [3.05, 3.63) is 29.6 Å². The van der Waals surface area contributed by atoms with Crippen LogP contribution >= 0.6 is 11.9 Å². The second kappa shape index (κ2) is 5.37. The maximum Gasteiger partial charge on any atom is 0.0553 e. The number of rotatable bonds is 4. The maximum absolute atomic E-state index is 4.43. The number of hydrogen-bond donors (Lipinski definition) is 0. The maximum atomic E-state index is 4.43. The highest BCUT2D eigenvalue weighted by molar-refractivity contribution is 7.96. The summed E-state index contributed by atoms with van der Waals surface area (Å²) >= 11 is 1.72.